The normalized spacial score (nSPS) is 16.2. The molecule has 0 bridgehead atoms. The maximum absolute atomic E-state index is 12.4. The Balaban J connectivity index is 1.59. The molecule has 0 spiro atoms. The lowest BCUT2D eigenvalue weighted by Crippen LogP contribution is -2.35. The lowest BCUT2D eigenvalue weighted by molar-refractivity contribution is 0.165. The number of hydrogen-bond acceptors (Lipinski definition) is 3. The van der Waals surface area contributed by atoms with Gasteiger partial charge in [-0.2, -0.15) is 5.10 Å². The first-order valence-corrected chi connectivity index (χ1v) is 9.31. The molecule has 140 valence electrons. The maximum atomic E-state index is 12.4. The molecule has 1 atom stereocenters. The molecule has 6 nitrogen and oxygen atoms in total. The van der Waals surface area contributed by atoms with Gasteiger partial charge >= 0.3 is 6.03 Å². The molecule has 2 aromatic rings. The Hall–Kier alpha value is -2.34. The van der Waals surface area contributed by atoms with Crippen LogP contribution in [0.5, 0.6) is 0 Å². The van der Waals surface area contributed by atoms with Crippen molar-refractivity contribution >= 4 is 11.7 Å². The van der Waals surface area contributed by atoms with Crippen LogP contribution in [0.3, 0.4) is 0 Å². The van der Waals surface area contributed by atoms with Gasteiger partial charge in [0.25, 0.3) is 0 Å². The second kappa shape index (κ2) is 8.85. The third kappa shape index (κ3) is 4.64. The minimum absolute atomic E-state index is 0.251. The van der Waals surface area contributed by atoms with E-state index < -0.39 is 0 Å². The summed E-state index contributed by atoms with van der Waals surface area (Å²) in [5.74, 6) is 0.669. The van der Waals surface area contributed by atoms with Crippen molar-refractivity contribution in [3.05, 3.63) is 47.8 Å². The number of methoxy groups -OCH3 is 1. The molecular formula is C20H28N4O2. The Labute approximate surface area is 154 Å². The zero-order valence-corrected chi connectivity index (χ0v) is 15.6. The molecule has 1 fully saturated rings. The van der Waals surface area contributed by atoms with Crippen LogP contribution in [0.25, 0.3) is 0 Å². The molecule has 2 amide bonds. The number of amides is 2. The monoisotopic (exact) mass is 356 g/mol. The topological polar surface area (TPSA) is 68.2 Å². The van der Waals surface area contributed by atoms with Gasteiger partial charge in [-0.3, -0.25) is 4.68 Å². The van der Waals surface area contributed by atoms with Crippen LogP contribution in [-0.2, 0) is 11.8 Å². The molecular weight excluding hydrogens is 328 g/mol. The van der Waals surface area contributed by atoms with E-state index in [-0.39, 0.29) is 12.1 Å². The first-order valence-electron chi connectivity index (χ1n) is 9.31. The van der Waals surface area contributed by atoms with Gasteiger partial charge in [-0.25, -0.2) is 4.79 Å². The van der Waals surface area contributed by atoms with Crippen LogP contribution in [0.4, 0.5) is 10.5 Å². The number of aromatic nitrogens is 2. The van der Waals surface area contributed by atoms with Crippen molar-refractivity contribution in [1.82, 2.24) is 15.1 Å². The van der Waals surface area contributed by atoms with Gasteiger partial charge in [0.05, 0.1) is 18.3 Å². The molecule has 1 aromatic heterocycles. The SMILES string of the molecule is COC[C@@H](NC(=O)Nc1ccc(C2CCCCC2)cc1)c1ccnn1C. The van der Waals surface area contributed by atoms with E-state index in [4.69, 9.17) is 4.74 Å². The van der Waals surface area contributed by atoms with Gasteiger partial charge in [0.1, 0.15) is 0 Å². The number of hydrogen-bond donors (Lipinski definition) is 2. The summed E-state index contributed by atoms with van der Waals surface area (Å²) in [7, 11) is 3.47. The summed E-state index contributed by atoms with van der Waals surface area (Å²) in [6, 6.07) is 9.62. The molecule has 0 radical (unpaired) electrons. The Kier molecular flexibility index (Phi) is 6.28. The van der Waals surface area contributed by atoms with Crippen molar-refractivity contribution < 1.29 is 9.53 Å². The number of carbonyl (C=O) groups excluding carboxylic acids is 1. The number of nitrogens with zero attached hydrogens (tertiary/aromatic N) is 2. The van der Waals surface area contributed by atoms with Gasteiger partial charge in [-0.1, -0.05) is 31.4 Å². The predicted octanol–water partition coefficient (Wildman–Crippen LogP) is 3.98. The summed E-state index contributed by atoms with van der Waals surface area (Å²) in [6.45, 7) is 0.383. The minimum Gasteiger partial charge on any atom is -0.382 e. The Morgan fingerprint density at radius 2 is 1.96 bits per heavy atom. The second-order valence-electron chi connectivity index (χ2n) is 6.94. The first kappa shape index (κ1) is 18.5. The Morgan fingerprint density at radius 1 is 1.23 bits per heavy atom. The number of urea groups is 1. The zero-order chi connectivity index (χ0) is 18.4. The van der Waals surface area contributed by atoms with E-state index in [9.17, 15) is 4.79 Å². The molecule has 6 heteroatoms. The average molecular weight is 356 g/mol. The first-order chi connectivity index (χ1) is 12.7. The molecule has 0 aliphatic heterocycles. The lowest BCUT2D eigenvalue weighted by atomic mass is 9.84. The van der Waals surface area contributed by atoms with E-state index in [0.717, 1.165) is 11.4 Å². The van der Waals surface area contributed by atoms with Crippen LogP contribution in [0.15, 0.2) is 36.5 Å². The number of anilines is 1. The van der Waals surface area contributed by atoms with Crippen LogP contribution in [0, 0.1) is 0 Å². The molecule has 1 aliphatic carbocycles. The molecule has 1 aliphatic rings. The molecule has 0 saturated heterocycles. The minimum atomic E-state index is -0.256. The van der Waals surface area contributed by atoms with Crippen molar-refractivity contribution in [2.75, 3.05) is 19.0 Å². The van der Waals surface area contributed by atoms with Crippen molar-refractivity contribution in [3.8, 4) is 0 Å². The third-order valence-corrected chi connectivity index (χ3v) is 5.10. The van der Waals surface area contributed by atoms with Gasteiger partial charge in [-0.15, -0.1) is 0 Å². The summed E-state index contributed by atoms with van der Waals surface area (Å²) in [4.78, 5) is 12.4. The van der Waals surface area contributed by atoms with E-state index >= 15 is 0 Å². The number of nitrogens with one attached hydrogen (secondary N) is 2. The number of rotatable bonds is 6. The fourth-order valence-electron chi connectivity index (χ4n) is 3.69. The number of ether oxygens (including phenoxy) is 1. The predicted molar refractivity (Wildman–Crippen MR) is 102 cm³/mol. The number of aryl methyl sites for hydroxylation is 1. The second-order valence-corrected chi connectivity index (χ2v) is 6.94. The highest BCUT2D eigenvalue weighted by Crippen LogP contribution is 2.32. The average Bonchev–Trinajstić information content (AvgIpc) is 3.08. The standard InChI is InChI=1S/C20H28N4O2/c1-24-19(12-13-21-24)18(14-26-2)23-20(25)22-17-10-8-16(9-11-17)15-6-4-3-5-7-15/h8-13,15,18H,3-7,14H2,1-2H3,(H2,22,23,25)/t18-/m1/s1. The summed E-state index contributed by atoms with van der Waals surface area (Å²) in [5, 5.41) is 10.0. The summed E-state index contributed by atoms with van der Waals surface area (Å²) in [5.41, 5.74) is 3.07. The largest absolute Gasteiger partial charge is 0.382 e. The quantitative estimate of drug-likeness (QED) is 0.823. The van der Waals surface area contributed by atoms with E-state index in [1.54, 1.807) is 18.0 Å². The highest BCUT2D eigenvalue weighted by atomic mass is 16.5. The van der Waals surface area contributed by atoms with Gasteiger partial charge in [0.15, 0.2) is 0 Å². The van der Waals surface area contributed by atoms with Gasteiger partial charge in [0, 0.05) is 26.0 Å². The van der Waals surface area contributed by atoms with Crippen molar-refractivity contribution in [2.45, 2.75) is 44.1 Å². The molecule has 1 aromatic carbocycles. The Bertz CT molecular complexity index is 705. The van der Waals surface area contributed by atoms with E-state index in [2.05, 4.69) is 27.9 Å². The lowest BCUT2D eigenvalue weighted by Gasteiger charge is -2.22. The summed E-state index contributed by atoms with van der Waals surface area (Å²) < 4.78 is 6.97. The molecule has 0 unspecified atom stereocenters. The third-order valence-electron chi connectivity index (χ3n) is 5.10. The maximum Gasteiger partial charge on any atom is 0.319 e. The van der Waals surface area contributed by atoms with Crippen molar-refractivity contribution in [2.24, 2.45) is 7.05 Å². The van der Waals surface area contributed by atoms with Gasteiger partial charge in [0.2, 0.25) is 0 Å². The molecule has 1 heterocycles. The highest BCUT2D eigenvalue weighted by Gasteiger charge is 2.18. The van der Waals surface area contributed by atoms with Gasteiger partial charge in [-0.05, 0) is 42.5 Å². The highest BCUT2D eigenvalue weighted by molar-refractivity contribution is 5.89. The molecule has 26 heavy (non-hydrogen) atoms. The van der Waals surface area contributed by atoms with Crippen LogP contribution in [0.1, 0.15) is 55.3 Å². The fourth-order valence-corrected chi connectivity index (χ4v) is 3.69. The molecule has 2 N–H and O–H groups in total. The van der Waals surface area contributed by atoms with E-state index in [0.29, 0.717) is 12.5 Å². The summed E-state index contributed by atoms with van der Waals surface area (Å²) >= 11 is 0. The number of benzene rings is 1. The van der Waals surface area contributed by atoms with Crippen LogP contribution >= 0.6 is 0 Å². The van der Waals surface area contributed by atoms with Crippen molar-refractivity contribution in [1.29, 1.82) is 0 Å². The molecule has 3 rings (SSSR count). The smallest absolute Gasteiger partial charge is 0.319 e. The van der Waals surface area contributed by atoms with Crippen LogP contribution < -0.4 is 10.6 Å². The van der Waals surface area contributed by atoms with Crippen LogP contribution in [0.2, 0.25) is 0 Å². The van der Waals surface area contributed by atoms with Crippen molar-refractivity contribution in [3.63, 3.8) is 0 Å². The number of carbonyl (C=O) groups is 1. The van der Waals surface area contributed by atoms with Crippen LogP contribution in [-0.4, -0.2) is 29.5 Å². The zero-order valence-electron chi connectivity index (χ0n) is 15.6. The molecule has 1 saturated carbocycles. The fraction of sp³-hybridized carbons (Fsp3) is 0.500. The Morgan fingerprint density at radius 3 is 2.58 bits per heavy atom. The van der Waals surface area contributed by atoms with Gasteiger partial charge < -0.3 is 15.4 Å². The van der Waals surface area contributed by atoms with E-state index in [1.807, 2.05) is 25.2 Å². The summed E-state index contributed by atoms with van der Waals surface area (Å²) in [6.07, 6.45) is 8.26. The van der Waals surface area contributed by atoms with E-state index in [1.165, 1.54) is 37.7 Å².